The van der Waals surface area contributed by atoms with E-state index in [2.05, 4.69) is 39.6 Å². The molecule has 1 saturated heterocycles. The topological polar surface area (TPSA) is 48.6 Å². The molecule has 1 aliphatic heterocycles. The SMILES string of the molecule is CN1C(C)(C)CC(n2c(O)ccc2O)CC1(C)C. The van der Waals surface area contributed by atoms with Crippen molar-refractivity contribution in [3.63, 3.8) is 0 Å². The van der Waals surface area contributed by atoms with E-state index in [1.54, 1.807) is 16.7 Å². The molecule has 1 aromatic rings. The van der Waals surface area contributed by atoms with Gasteiger partial charge in [-0.2, -0.15) is 0 Å². The van der Waals surface area contributed by atoms with E-state index in [0.717, 1.165) is 12.8 Å². The summed E-state index contributed by atoms with van der Waals surface area (Å²) in [5, 5.41) is 19.8. The van der Waals surface area contributed by atoms with Crippen molar-refractivity contribution in [2.45, 2.75) is 57.7 Å². The normalized spacial score (nSPS) is 24.3. The minimum Gasteiger partial charge on any atom is -0.494 e. The number of likely N-dealkylation sites (tertiary alicyclic amines) is 1. The van der Waals surface area contributed by atoms with Crippen molar-refractivity contribution in [3.8, 4) is 11.8 Å². The Hall–Kier alpha value is -1.16. The Morgan fingerprint density at radius 2 is 1.39 bits per heavy atom. The maximum atomic E-state index is 9.88. The maximum Gasteiger partial charge on any atom is 0.194 e. The first-order chi connectivity index (χ1) is 8.15. The second-order valence-corrected chi connectivity index (χ2v) is 6.67. The van der Waals surface area contributed by atoms with Gasteiger partial charge in [0, 0.05) is 29.3 Å². The van der Waals surface area contributed by atoms with Gasteiger partial charge in [0.05, 0.1) is 0 Å². The van der Waals surface area contributed by atoms with Gasteiger partial charge in [-0.25, -0.2) is 0 Å². The smallest absolute Gasteiger partial charge is 0.194 e. The summed E-state index contributed by atoms with van der Waals surface area (Å²) in [5.74, 6) is 0.294. The van der Waals surface area contributed by atoms with Crippen molar-refractivity contribution in [2.24, 2.45) is 0 Å². The lowest BCUT2D eigenvalue weighted by Crippen LogP contribution is -2.58. The molecule has 102 valence electrons. The van der Waals surface area contributed by atoms with Gasteiger partial charge in [0.15, 0.2) is 11.8 Å². The monoisotopic (exact) mass is 252 g/mol. The molecule has 0 radical (unpaired) electrons. The van der Waals surface area contributed by atoms with Crippen molar-refractivity contribution in [1.29, 1.82) is 0 Å². The zero-order valence-corrected chi connectivity index (χ0v) is 11.9. The summed E-state index contributed by atoms with van der Waals surface area (Å²) in [7, 11) is 2.14. The second-order valence-electron chi connectivity index (χ2n) is 6.67. The minimum atomic E-state index is 0.0373. The van der Waals surface area contributed by atoms with Crippen molar-refractivity contribution in [1.82, 2.24) is 9.47 Å². The molecule has 2 rings (SSSR count). The Kier molecular flexibility index (Phi) is 2.89. The highest BCUT2D eigenvalue weighted by Crippen LogP contribution is 2.45. The number of hydrogen-bond acceptors (Lipinski definition) is 3. The summed E-state index contributed by atoms with van der Waals surface area (Å²) >= 11 is 0. The Morgan fingerprint density at radius 3 is 1.78 bits per heavy atom. The molecule has 1 fully saturated rings. The predicted molar refractivity (Wildman–Crippen MR) is 72.0 cm³/mol. The van der Waals surface area contributed by atoms with Crippen LogP contribution in [0, 0.1) is 0 Å². The molecule has 1 aromatic heterocycles. The van der Waals surface area contributed by atoms with Crippen LogP contribution in [0.3, 0.4) is 0 Å². The Morgan fingerprint density at radius 1 is 1.00 bits per heavy atom. The van der Waals surface area contributed by atoms with Crippen LogP contribution in [0.4, 0.5) is 0 Å². The lowest BCUT2D eigenvalue weighted by Gasteiger charge is -2.53. The first kappa shape index (κ1) is 13.3. The number of rotatable bonds is 1. The van der Waals surface area contributed by atoms with Gasteiger partial charge in [-0.1, -0.05) is 0 Å². The number of hydrogen-bond donors (Lipinski definition) is 2. The average Bonchev–Trinajstić information content (AvgIpc) is 2.54. The molecular formula is C14H24N2O2. The summed E-state index contributed by atoms with van der Waals surface area (Å²) in [6, 6.07) is 3.22. The van der Waals surface area contributed by atoms with Gasteiger partial charge in [0.2, 0.25) is 0 Å². The fourth-order valence-electron chi connectivity index (χ4n) is 3.30. The van der Waals surface area contributed by atoms with E-state index >= 15 is 0 Å². The number of nitrogens with zero attached hydrogens (tertiary/aromatic N) is 2. The fraction of sp³-hybridized carbons (Fsp3) is 0.714. The standard InChI is InChI=1S/C14H24N2O2/c1-13(2)8-10(9-14(3,4)15(13)5)16-11(17)6-7-12(16)18/h6-7,10,17-18H,8-9H2,1-5H3. The molecule has 1 aliphatic rings. The summed E-state index contributed by atoms with van der Waals surface area (Å²) in [4.78, 5) is 2.38. The summed E-state index contributed by atoms with van der Waals surface area (Å²) in [5.41, 5.74) is 0.0745. The van der Waals surface area contributed by atoms with E-state index in [-0.39, 0.29) is 28.9 Å². The van der Waals surface area contributed by atoms with E-state index < -0.39 is 0 Å². The van der Waals surface area contributed by atoms with Crippen molar-refractivity contribution in [3.05, 3.63) is 12.1 Å². The van der Waals surface area contributed by atoms with Crippen LogP contribution < -0.4 is 0 Å². The molecule has 0 spiro atoms. The average molecular weight is 252 g/mol. The highest BCUT2D eigenvalue weighted by Gasteiger charge is 2.44. The van der Waals surface area contributed by atoms with Gasteiger partial charge in [0.25, 0.3) is 0 Å². The molecule has 0 aliphatic carbocycles. The van der Waals surface area contributed by atoms with Crippen molar-refractivity contribution >= 4 is 0 Å². The number of aromatic nitrogens is 1. The third kappa shape index (κ3) is 1.99. The van der Waals surface area contributed by atoms with Crippen LogP contribution in [-0.4, -0.2) is 37.8 Å². The number of aromatic hydroxyl groups is 2. The first-order valence-corrected chi connectivity index (χ1v) is 6.48. The highest BCUT2D eigenvalue weighted by atomic mass is 16.3. The molecule has 2 heterocycles. The van der Waals surface area contributed by atoms with Gasteiger partial charge in [-0.05, 0) is 47.6 Å². The van der Waals surface area contributed by atoms with Crippen LogP contribution >= 0.6 is 0 Å². The van der Waals surface area contributed by atoms with Crippen molar-refractivity contribution < 1.29 is 10.2 Å². The lowest BCUT2D eigenvalue weighted by molar-refractivity contribution is -0.0282. The molecule has 0 aromatic carbocycles. The Labute approximate surface area is 109 Å². The van der Waals surface area contributed by atoms with E-state index in [4.69, 9.17) is 0 Å². The zero-order valence-electron chi connectivity index (χ0n) is 11.9. The number of piperidine rings is 1. The third-order valence-electron chi connectivity index (χ3n) is 4.53. The first-order valence-electron chi connectivity index (χ1n) is 6.48. The fourth-order valence-corrected chi connectivity index (χ4v) is 3.30. The van der Waals surface area contributed by atoms with Crippen LogP contribution in [0.2, 0.25) is 0 Å². The molecule has 2 N–H and O–H groups in total. The summed E-state index contributed by atoms with van der Waals surface area (Å²) < 4.78 is 1.65. The van der Waals surface area contributed by atoms with E-state index in [1.807, 2.05) is 0 Å². The molecule has 0 saturated carbocycles. The predicted octanol–water partition coefficient (Wildman–Crippen LogP) is 2.72. The van der Waals surface area contributed by atoms with Crippen LogP contribution in [0.5, 0.6) is 11.8 Å². The minimum absolute atomic E-state index is 0.0373. The zero-order chi connectivity index (χ0) is 13.7. The molecule has 4 heteroatoms. The van der Waals surface area contributed by atoms with Gasteiger partial charge in [-0.15, -0.1) is 0 Å². The summed E-state index contributed by atoms with van der Waals surface area (Å²) in [6.07, 6.45) is 1.81. The van der Waals surface area contributed by atoms with E-state index in [9.17, 15) is 10.2 Å². The molecule has 0 bridgehead atoms. The maximum absolute atomic E-state index is 9.88. The van der Waals surface area contributed by atoms with Crippen LogP contribution in [0.25, 0.3) is 0 Å². The van der Waals surface area contributed by atoms with Gasteiger partial charge in [0.1, 0.15) is 0 Å². The van der Waals surface area contributed by atoms with Gasteiger partial charge < -0.3 is 10.2 Å². The Balaban J connectivity index is 2.37. The lowest BCUT2D eigenvalue weighted by atomic mass is 9.77. The Bertz CT molecular complexity index is 411. The van der Waals surface area contributed by atoms with E-state index in [1.165, 1.54) is 0 Å². The van der Waals surface area contributed by atoms with Crippen LogP contribution in [-0.2, 0) is 0 Å². The van der Waals surface area contributed by atoms with Gasteiger partial charge in [-0.3, -0.25) is 9.47 Å². The molecule has 18 heavy (non-hydrogen) atoms. The summed E-state index contributed by atoms with van der Waals surface area (Å²) in [6.45, 7) is 8.83. The van der Waals surface area contributed by atoms with Gasteiger partial charge >= 0.3 is 0 Å². The highest BCUT2D eigenvalue weighted by molar-refractivity contribution is 5.25. The van der Waals surface area contributed by atoms with Crippen molar-refractivity contribution in [2.75, 3.05) is 7.05 Å². The molecule has 4 nitrogen and oxygen atoms in total. The van der Waals surface area contributed by atoms with E-state index in [0.29, 0.717) is 0 Å². The quantitative estimate of drug-likeness (QED) is 0.808. The molecule has 0 amide bonds. The molecule has 0 atom stereocenters. The molecular weight excluding hydrogens is 228 g/mol. The van der Waals surface area contributed by atoms with Crippen LogP contribution in [0.1, 0.15) is 46.6 Å². The third-order valence-corrected chi connectivity index (χ3v) is 4.53. The largest absolute Gasteiger partial charge is 0.494 e. The second kappa shape index (κ2) is 3.92. The van der Waals surface area contributed by atoms with Crippen LogP contribution in [0.15, 0.2) is 12.1 Å². The molecule has 0 unspecified atom stereocenters.